The molecule has 1 aliphatic rings. The second-order valence-electron chi connectivity index (χ2n) is 5.61. The number of ether oxygens (including phenoxy) is 1. The van der Waals surface area contributed by atoms with Gasteiger partial charge in [0.1, 0.15) is 5.75 Å². The van der Waals surface area contributed by atoms with E-state index in [4.69, 9.17) is 4.74 Å². The molecule has 2 amide bonds. The molecule has 3 rings (SSSR count). The molecule has 7 heteroatoms. The number of nitrogens with one attached hydrogen (secondary N) is 1. The molecule has 2 aromatic rings. The number of anilines is 1. The molecule has 7 nitrogen and oxygen atoms in total. The Bertz CT molecular complexity index is 654. The van der Waals surface area contributed by atoms with Crippen LogP contribution in [-0.4, -0.2) is 53.8 Å². The molecule has 0 bridgehead atoms. The zero-order valence-electron chi connectivity index (χ0n) is 13.7. The van der Waals surface area contributed by atoms with Gasteiger partial charge in [-0.2, -0.15) is 0 Å². The fraction of sp³-hybridized carbons (Fsp3) is 0.353. The molecule has 1 fully saturated rings. The Kier molecular flexibility index (Phi) is 5.10. The lowest BCUT2D eigenvalue weighted by Crippen LogP contribution is -2.52. The summed E-state index contributed by atoms with van der Waals surface area (Å²) in [6, 6.07) is 9.40. The summed E-state index contributed by atoms with van der Waals surface area (Å²) >= 11 is 0. The molecule has 0 spiro atoms. The van der Waals surface area contributed by atoms with E-state index < -0.39 is 0 Å². The van der Waals surface area contributed by atoms with Crippen molar-refractivity contribution in [2.75, 3.05) is 37.8 Å². The average molecular weight is 327 g/mol. The number of rotatable bonds is 4. The SMILES string of the molecule is Cc1ccc(OCNC(=O)N2CCN(c3ncccn3)CC2)cc1. The monoisotopic (exact) mass is 327 g/mol. The Morgan fingerprint density at radius 2 is 1.79 bits per heavy atom. The van der Waals surface area contributed by atoms with Crippen molar-refractivity contribution in [2.45, 2.75) is 6.92 Å². The molecule has 1 saturated heterocycles. The molecule has 0 aliphatic carbocycles. The largest absolute Gasteiger partial charge is 0.473 e. The maximum absolute atomic E-state index is 12.2. The Morgan fingerprint density at radius 3 is 2.46 bits per heavy atom. The Morgan fingerprint density at radius 1 is 1.12 bits per heavy atom. The van der Waals surface area contributed by atoms with Gasteiger partial charge >= 0.3 is 6.03 Å². The van der Waals surface area contributed by atoms with Crippen LogP contribution < -0.4 is 15.0 Å². The molecule has 1 aromatic heterocycles. The number of carbonyl (C=O) groups is 1. The van der Waals surface area contributed by atoms with E-state index in [1.807, 2.05) is 31.2 Å². The van der Waals surface area contributed by atoms with Crippen LogP contribution in [0.25, 0.3) is 0 Å². The number of amides is 2. The topological polar surface area (TPSA) is 70.6 Å². The summed E-state index contributed by atoms with van der Waals surface area (Å²) in [5, 5.41) is 2.79. The van der Waals surface area contributed by atoms with Crippen molar-refractivity contribution in [1.29, 1.82) is 0 Å². The van der Waals surface area contributed by atoms with Crippen LogP contribution in [0.2, 0.25) is 0 Å². The summed E-state index contributed by atoms with van der Waals surface area (Å²) in [6.45, 7) is 4.88. The normalized spacial score (nSPS) is 14.4. The van der Waals surface area contributed by atoms with Gasteiger partial charge in [0.2, 0.25) is 5.95 Å². The summed E-state index contributed by atoms with van der Waals surface area (Å²) in [4.78, 5) is 24.5. The third kappa shape index (κ3) is 4.13. The van der Waals surface area contributed by atoms with Crippen LogP contribution in [0.1, 0.15) is 5.56 Å². The number of hydrogen-bond donors (Lipinski definition) is 1. The highest BCUT2D eigenvalue weighted by Crippen LogP contribution is 2.11. The number of aromatic nitrogens is 2. The standard InChI is InChI=1S/C17H21N5O2/c1-14-3-5-15(6-4-14)24-13-20-17(23)22-11-9-21(10-12-22)16-18-7-2-8-19-16/h2-8H,9-13H2,1H3,(H,20,23). The van der Waals surface area contributed by atoms with Crippen LogP contribution in [0, 0.1) is 6.92 Å². The first-order valence-corrected chi connectivity index (χ1v) is 7.96. The second kappa shape index (κ2) is 7.63. The molecule has 24 heavy (non-hydrogen) atoms. The molecule has 126 valence electrons. The van der Waals surface area contributed by atoms with Crippen molar-refractivity contribution in [3.05, 3.63) is 48.3 Å². The number of carbonyl (C=O) groups excluding carboxylic acids is 1. The van der Waals surface area contributed by atoms with E-state index >= 15 is 0 Å². The second-order valence-corrected chi connectivity index (χ2v) is 5.61. The van der Waals surface area contributed by atoms with Gasteiger partial charge in [-0.15, -0.1) is 0 Å². The summed E-state index contributed by atoms with van der Waals surface area (Å²) < 4.78 is 5.52. The zero-order chi connectivity index (χ0) is 16.8. The van der Waals surface area contributed by atoms with Gasteiger partial charge in [0.15, 0.2) is 6.73 Å². The van der Waals surface area contributed by atoms with Crippen molar-refractivity contribution in [3.63, 3.8) is 0 Å². The van der Waals surface area contributed by atoms with Gasteiger partial charge in [0, 0.05) is 38.6 Å². The molecule has 1 aromatic carbocycles. The molecule has 0 radical (unpaired) electrons. The van der Waals surface area contributed by atoms with E-state index in [0.29, 0.717) is 19.0 Å². The van der Waals surface area contributed by atoms with Gasteiger partial charge in [0.25, 0.3) is 0 Å². The smallest absolute Gasteiger partial charge is 0.320 e. The van der Waals surface area contributed by atoms with E-state index in [9.17, 15) is 4.79 Å². The van der Waals surface area contributed by atoms with Crippen LogP contribution in [0.15, 0.2) is 42.7 Å². The number of benzene rings is 1. The minimum Gasteiger partial charge on any atom is -0.473 e. The minimum absolute atomic E-state index is 0.115. The fourth-order valence-electron chi connectivity index (χ4n) is 2.49. The van der Waals surface area contributed by atoms with E-state index in [-0.39, 0.29) is 12.8 Å². The molecular formula is C17H21N5O2. The van der Waals surface area contributed by atoms with Gasteiger partial charge in [0.05, 0.1) is 0 Å². The third-order valence-electron chi connectivity index (χ3n) is 3.89. The molecule has 2 heterocycles. The highest BCUT2D eigenvalue weighted by Gasteiger charge is 2.22. The van der Waals surface area contributed by atoms with E-state index in [1.54, 1.807) is 23.4 Å². The van der Waals surface area contributed by atoms with E-state index in [0.717, 1.165) is 18.8 Å². The first-order valence-electron chi connectivity index (χ1n) is 7.96. The quantitative estimate of drug-likeness (QED) is 0.865. The highest BCUT2D eigenvalue weighted by molar-refractivity contribution is 5.74. The predicted octanol–water partition coefficient (Wildman–Crippen LogP) is 1.65. The summed E-state index contributed by atoms with van der Waals surface area (Å²) in [6.07, 6.45) is 3.45. The molecular weight excluding hydrogens is 306 g/mol. The number of piperazine rings is 1. The number of hydrogen-bond acceptors (Lipinski definition) is 5. The molecule has 1 aliphatic heterocycles. The van der Waals surface area contributed by atoms with Gasteiger partial charge in [-0.25, -0.2) is 14.8 Å². The van der Waals surface area contributed by atoms with Crippen LogP contribution in [0.4, 0.5) is 10.7 Å². The van der Waals surface area contributed by atoms with Crippen LogP contribution in [-0.2, 0) is 0 Å². The Balaban J connectivity index is 1.41. The van der Waals surface area contributed by atoms with Crippen molar-refractivity contribution < 1.29 is 9.53 Å². The average Bonchev–Trinajstić information content (AvgIpc) is 2.64. The van der Waals surface area contributed by atoms with Gasteiger partial charge < -0.3 is 19.9 Å². The number of urea groups is 1. The molecule has 0 atom stereocenters. The van der Waals surface area contributed by atoms with Crippen molar-refractivity contribution >= 4 is 12.0 Å². The third-order valence-corrected chi connectivity index (χ3v) is 3.89. The Hall–Kier alpha value is -2.83. The first kappa shape index (κ1) is 16.0. The van der Waals surface area contributed by atoms with Crippen LogP contribution in [0.5, 0.6) is 5.75 Å². The molecule has 0 saturated carbocycles. The van der Waals surface area contributed by atoms with E-state index in [1.165, 1.54) is 5.56 Å². The first-order chi connectivity index (χ1) is 11.7. The van der Waals surface area contributed by atoms with Crippen molar-refractivity contribution in [3.8, 4) is 5.75 Å². The van der Waals surface area contributed by atoms with Crippen LogP contribution in [0.3, 0.4) is 0 Å². The predicted molar refractivity (Wildman–Crippen MR) is 91.0 cm³/mol. The lowest BCUT2D eigenvalue weighted by Gasteiger charge is -2.34. The summed E-state index contributed by atoms with van der Waals surface area (Å²) in [7, 11) is 0. The lowest BCUT2D eigenvalue weighted by molar-refractivity contribution is 0.181. The molecule has 1 N–H and O–H groups in total. The minimum atomic E-state index is -0.115. The summed E-state index contributed by atoms with van der Waals surface area (Å²) in [5.74, 6) is 1.45. The van der Waals surface area contributed by atoms with Crippen molar-refractivity contribution in [2.24, 2.45) is 0 Å². The fourth-order valence-corrected chi connectivity index (χ4v) is 2.49. The lowest BCUT2D eigenvalue weighted by atomic mass is 10.2. The Labute approximate surface area is 141 Å². The maximum Gasteiger partial charge on any atom is 0.320 e. The summed E-state index contributed by atoms with van der Waals surface area (Å²) in [5.41, 5.74) is 1.17. The highest BCUT2D eigenvalue weighted by atomic mass is 16.5. The number of nitrogens with zero attached hydrogens (tertiary/aromatic N) is 4. The van der Waals surface area contributed by atoms with E-state index in [2.05, 4.69) is 20.2 Å². The number of aryl methyl sites for hydroxylation is 1. The molecule has 0 unspecified atom stereocenters. The van der Waals surface area contributed by atoms with Crippen molar-refractivity contribution in [1.82, 2.24) is 20.2 Å². The van der Waals surface area contributed by atoms with Gasteiger partial charge in [-0.05, 0) is 25.1 Å². The van der Waals surface area contributed by atoms with Gasteiger partial charge in [-0.1, -0.05) is 17.7 Å². The van der Waals surface area contributed by atoms with Gasteiger partial charge in [-0.3, -0.25) is 0 Å². The van der Waals surface area contributed by atoms with Crippen LogP contribution >= 0.6 is 0 Å². The zero-order valence-corrected chi connectivity index (χ0v) is 13.7. The maximum atomic E-state index is 12.2.